The molecule has 2 rings (SSSR count). The molecule has 1 aliphatic rings. The van der Waals surface area contributed by atoms with E-state index in [0.29, 0.717) is 19.2 Å². The monoisotopic (exact) mass is 348 g/mol. The standard InChI is InChI=1S/C21H36N2O2/c1-16-13-17(21(2,3)4)7-8-20(16)25-15-19(24)14-23-11-9-18(10-12-23)22(5)6/h7-8,13,18-19,24H,9-12,14-15H2,1-6H3. The van der Waals surface area contributed by atoms with E-state index >= 15 is 0 Å². The van der Waals surface area contributed by atoms with Gasteiger partial charge in [0, 0.05) is 12.6 Å². The van der Waals surface area contributed by atoms with E-state index in [9.17, 15) is 5.11 Å². The summed E-state index contributed by atoms with van der Waals surface area (Å²) in [7, 11) is 4.30. The molecule has 1 saturated heterocycles. The van der Waals surface area contributed by atoms with Crippen LogP contribution in [0.2, 0.25) is 0 Å². The van der Waals surface area contributed by atoms with Crippen LogP contribution in [0.3, 0.4) is 0 Å². The first-order valence-corrected chi connectivity index (χ1v) is 9.47. The summed E-state index contributed by atoms with van der Waals surface area (Å²) in [5.41, 5.74) is 2.58. The van der Waals surface area contributed by atoms with Crippen LogP contribution >= 0.6 is 0 Å². The molecule has 25 heavy (non-hydrogen) atoms. The Morgan fingerprint density at radius 2 is 1.88 bits per heavy atom. The van der Waals surface area contributed by atoms with Gasteiger partial charge in [-0.1, -0.05) is 32.9 Å². The third-order valence-electron chi connectivity index (χ3n) is 5.23. The Morgan fingerprint density at radius 3 is 2.40 bits per heavy atom. The molecule has 1 unspecified atom stereocenters. The summed E-state index contributed by atoms with van der Waals surface area (Å²) in [6.07, 6.45) is 1.90. The Labute approximate surface area is 153 Å². The molecular formula is C21H36N2O2. The van der Waals surface area contributed by atoms with Gasteiger partial charge in [-0.3, -0.25) is 0 Å². The number of β-amino-alcohol motifs (C(OH)–C–C–N with tert-alkyl or cyclic N) is 1. The van der Waals surface area contributed by atoms with E-state index in [1.165, 1.54) is 18.4 Å². The average Bonchev–Trinajstić information content (AvgIpc) is 2.53. The molecule has 1 heterocycles. The van der Waals surface area contributed by atoms with Gasteiger partial charge in [0.2, 0.25) is 0 Å². The third-order valence-corrected chi connectivity index (χ3v) is 5.23. The van der Waals surface area contributed by atoms with Crippen LogP contribution in [0.15, 0.2) is 18.2 Å². The molecule has 1 aromatic carbocycles. The SMILES string of the molecule is Cc1cc(C(C)(C)C)ccc1OCC(O)CN1CCC(N(C)C)CC1. The second kappa shape index (κ2) is 8.52. The maximum atomic E-state index is 10.3. The number of likely N-dealkylation sites (tertiary alicyclic amines) is 1. The summed E-state index contributed by atoms with van der Waals surface area (Å²) in [4.78, 5) is 4.66. The summed E-state index contributed by atoms with van der Waals surface area (Å²) < 4.78 is 5.88. The molecule has 1 N–H and O–H groups in total. The molecule has 0 bridgehead atoms. The van der Waals surface area contributed by atoms with Gasteiger partial charge in [0.15, 0.2) is 0 Å². The van der Waals surface area contributed by atoms with E-state index < -0.39 is 6.10 Å². The molecule has 0 aromatic heterocycles. The lowest BCUT2D eigenvalue weighted by molar-refractivity contribution is 0.0504. The zero-order chi connectivity index (χ0) is 18.6. The number of aliphatic hydroxyl groups excluding tert-OH is 1. The highest BCUT2D eigenvalue weighted by Gasteiger charge is 2.22. The van der Waals surface area contributed by atoms with E-state index in [0.717, 1.165) is 24.4 Å². The van der Waals surface area contributed by atoms with Crippen molar-refractivity contribution in [1.82, 2.24) is 9.80 Å². The number of benzene rings is 1. The number of hydrogen-bond acceptors (Lipinski definition) is 4. The molecule has 1 aromatic rings. The fourth-order valence-electron chi connectivity index (χ4n) is 3.43. The van der Waals surface area contributed by atoms with Crippen molar-refractivity contribution in [2.24, 2.45) is 0 Å². The van der Waals surface area contributed by atoms with Crippen molar-refractivity contribution in [2.75, 3.05) is 40.3 Å². The topological polar surface area (TPSA) is 35.9 Å². The number of piperidine rings is 1. The number of rotatable bonds is 6. The molecule has 1 aliphatic heterocycles. The van der Waals surface area contributed by atoms with E-state index in [1.807, 2.05) is 6.07 Å². The van der Waals surface area contributed by atoms with Gasteiger partial charge >= 0.3 is 0 Å². The maximum absolute atomic E-state index is 10.3. The quantitative estimate of drug-likeness (QED) is 0.857. The van der Waals surface area contributed by atoms with Crippen molar-refractivity contribution in [3.8, 4) is 5.75 Å². The molecule has 0 spiro atoms. The molecular weight excluding hydrogens is 312 g/mol. The van der Waals surface area contributed by atoms with Crippen LogP contribution < -0.4 is 4.74 Å². The molecule has 0 aliphatic carbocycles. The minimum atomic E-state index is -0.447. The molecule has 1 fully saturated rings. The van der Waals surface area contributed by atoms with Crippen LogP contribution in [0.5, 0.6) is 5.75 Å². The molecule has 4 nitrogen and oxygen atoms in total. The Morgan fingerprint density at radius 1 is 1.24 bits per heavy atom. The van der Waals surface area contributed by atoms with Gasteiger partial charge in [-0.25, -0.2) is 0 Å². The Balaban J connectivity index is 1.80. The minimum absolute atomic E-state index is 0.140. The van der Waals surface area contributed by atoms with Crippen molar-refractivity contribution in [3.63, 3.8) is 0 Å². The zero-order valence-corrected chi connectivity index (χ0v) is 16.9. The van der Waals surface area contributed by atoms with Crippen molar-refractivity contribution < 1.29 is 9.84 Å². The van der Waals surface area contributed by atoms with Gasteiger partial charge in [-0.15, -0.1) is 0 Å². The largest absolute Gasteiger partial charge is 0.491 e. The molecule has 0 saturated carbocycles. The normalized spacial score (nSPS) is 18.6. The predicted octanol–water partition coefficient (Wildman–Crippen LogP) is 3.06. The second-order valence-corrected chi connectivity index (χ2v) is 8.69. The fraction of sp³-hybridized carbons (Fsp3) is 0.714. The Kier molecular flexibility index (Phi) is 6.89. The van der Waals surface area contributed by atoms with E-state index in [-0.39, 0.29) is 5.41 Å². The number of hydrogen-bond donors (Lipinski definition) is 1. The lowest BCUT2D eigenvalue weighted by Crippen LogP contribution is -2.45. The van der Waals surface area contributed by atoms with Crippen molar-refractivity contribution in [3.05, 3.63) is 29.3 Å². The van der Waals surface area contributed by atoms with E-state index in [1.54, 1.807) is 0 Å². The van der Waals surface area contributed by atoms with Crippen molar-refractivity contribution in [1.29, 1.82) is 0 Å². The van der Waals surface area contributed by atoms with Crippen molar-refractivity contribution in [2.45, 2.75) is 58.1 Å². The van der Waals surface area contributed by atoms with Crippen LogP contribution in [0.1, 0.15) is 44.7 Å². The minimum Gasteiger partial charge on any atom is -0.491 e. The fourth-order valence-corrected chi connectivity index (χ4v) is 3.43. The van der Waals surface area contributed by atoms with Gasteiger partial charge in [-0.2, -0.15) is 0 Å². The molecule has 0 radical (unpaired) electrons. The van der Waals surface area contributed by atoms with Crippen molar-refractivity contribution >= 4 is 0 Å². The number of aliphatic hydroxyl groups is 1. The maximum Gasteiger partial charge on any atom is 0.122 e. The van der Waals surface area contributed by atoms with Gasteiger partial charge in [0.05, 0.1) is 0 Å². The zero-order valence-electron chi connectivity index (χ0n) is 16.9. The van der Waals surface area contributed by atoms with E-state index in [2.05, 4.69) is 63.7 Å². The van der Waals surface area contributed by atoms with Crippen LogP contribution in [0.25, 0.3) is 0 Å². The average molecular weight is 349 g/mol. The summed E-state index contributed by atoms with van der Waals surface area (Å²) in [6.45, 7) is 11.9. The lowest BCUT2D eigenvalue weighted by atomic mass is 9.86. The smallest absolute Gasteiger partial charge is 0.122 e. The molecule has 142 valence electrons. The predicted molar refractivity (Wildman–Crippen MR) is 105 cm³/mol. The molecule has 4 heteroatoms. The first-order valence-electron chi connectivity index (χ1n) is 9.47. The summed E-state index contributed by atoms with van der Waals surface area (Å²) >= 11 is 0. The summed E-state index contributed by atoms with van der Waals surface area (Å²) in [6, 6.07) is 7.02. The Bertz CT molecular complexity index is 543. The molecule has 1 atom stereocenters. The van der Waals surface area contributed by atoms with Gasteiger partial charge in [0.25, 0.3) is 0 Å². The number of ether oxygens (including phenoxy) is 1. The highest BCUT2D eigenvalue weighted by molar-refractivity contribution is 5.38. The first kappa shape index (κ1) is 20.2. The van der Waals surface area contributed by atoms with Gasteiger partial charge in [-0.05, 0) is 69.6 Å². The van der Waals surface area contributed by atoms with Gasteiger partial charge < -0.3 is 19.6 Å². The lowest BCUT2D eigenvalue weighted by Gasteiger charge is -2.36. The summed E-state index contributed by atoms with van der Waals surface area (Å²) in [5, 5.41) is 10.3. The van der Waals surface area contributed by atoms with Crippen LogP contribution in [-0.4, -0.2) is 67.4 Å². The highest BCUT2D eigenvalue weighted by Crippen LogP contribution is 2.27. The van der Waals surface area contributed by atoms with Crippen LogP contribution in [0, 0.1) is 6.92 Å². The molecule has 0 amide bonds. The number of nitrogens with zero attached hydrogens (tertiary/aromatic N) is 2. The van der Waals surface area contributed by atoms with Gasteiger partial charge in [0.1, 0.15) is 18.5 Å². The van der Waals surface area contributed by atoms with Crippen LogP contribution in [-0.2, 0) is 5.41 Å². The van der Waals surface area contributed by atoms with E-state index in [4.69, 9.17) is 4.74 Å². The third kappa shape index (κ3) is 5.98. The number of aryl methyl sites for hydroxylation is 1. The van der Waals surface area contributed by atoms with Crippen LogP contribution in [0.4, 0.5) is 0 Å². The highest BCUT2D eigenvalue weighted by atomic mass is 16.5. The summed E-state index contributed by atoms with van der Waals surface area (Å²) in [5.74, 6) is 0.873. The Hall–Kier alpha value is -1.10. The second-order valence-electron chi connectivity index (χ2n) is 8.69. The first-order chi connectivity index (χ1) is 11.7.